The molecule has 1 aromatic heterocycles. The van der Waals surface area contributed by atoms with Crippen molar-refractivity contribution in [2.45, 2.75) is 38.3 Å². The number of rotatable bonds is 9. The van der Waals surface area contributed by atoms with Crippen LogP contribution in [0, 0.1) is 12.7 Å². The smallest absolute Gasteiger partial charge is 0.254 e. The molecule has 5 rings (SSSR count). The molecule has 7 heteroatoms. The lowest BCUT2D eigenvalue weighted by atomic mass is 9.96. The Kier molecular flexibility index (Phi) is 6.98. The van der Waals surface area contributed by atoms with E-state index in [2.05, 4.69) is 34.2 Å². The number of halogens is 1. The van der Waals surface area contributed by atoms with Gasteiger partial charge in [0.15, 0.2) is 0 Å². The molecule has 192 valence electrons. The highest BCUT2D eigenvalue weighted by Crippen LogP contribution is 2.37. The van der Waals surface area contributed by atoms with E-state index in [1.165, 1.54) is 12.1 Å². The number of H-pyrrole nitrogens is 1. The number of aryl methyl sites for hydroxylation is 1. The second kappa shape index (κ2) is 10.3. The summed E-state index contributed by atoms with van der Waals surface area (Å²) < 4.78 is 20.1. The van der Waals surface area contributed by atoms with Crippen molar-refractivity contribution in [3.8, 4) is 16.9 Å². The van der Waals surface area contributed by atoms with Crippen LogP contribution in [0.2, 0.25) is 0 Å². The molecule has 1 fully saturated rings. The molecular formula is C30H33FN4O2. The van der Waals surface area contributed by atoms with E-state index in [0.717, 1.165) is 59.0 Å². The summed E-state index contributed by atoms with van der Waals surface area (Å²) in [7, 11) is 5.92. The van der Waals surface area contributed by atoms with E-state index in [1.807, 2.05) is 50.4 Å². The molecule has 1 heterocycles. The molecule has 37 heavy (non-hydrogen) atoms. The molecule has 3 aromatic carbocycles. The number of aromatic nitrogens is 2. The third-order valence-electron chi connectivity index (χ3n) is 7.04. The van der Waals surface area contributed by atoms with E-state index >= 15 is 0 Å². The van der Waals surface area contributed by atoms with Gasteiger partial charge in [0.25, 0.3) is 5.91 Å². The molecule has 1 atom stereocenters. The van der Waals surface area contributed by atoms with Crippen LogP contribution < -0.4 is 4.74 Å². The lowest BCUT2D eigenvalue weighted by Gasteiger charge is -2.30. The Bertz CT molecular complexity index is 1430. The molecule has 0 unspecified atom stereocenters. The summed E-state index contributed by atoms with van der Waals surface area (Å²) in [5.74, 6) is 0.216. The minimum Gasteiger partial charge on any atom is -0.490 e. The zero-order valence-electron chi connectivity index (χ0n) is 21.8. The van der Waals surface area contributed by atoms with Crippen LogP contribution in [0.1, 0.15) is 46.8 Å². The largest absolute Gasteiger partial charge is 0.490 e. The summed E-state index contributed by atoms with van der Waals surface area (Å²) >= 11 is 0. The van der Waals surface area contributed by atoms with Gasteiger partial charge >= 0.3 is 0 Å². The number of fused-ring (bicyclic) bond motifs is 1. The average molecular weight is 501 g/mol. The average Bonchev–Trinajstić information content (AvgIpc) is 3.55. The first-order valence-electron chi connectivity index (χ1n) is 12.7. The summed E-state index contributed by atoms with van der Waals surface area (Å²) in [6.07, 6.45) is 4.72. The van der Waals surface area contributed by atoms with E-state index < -0.39 is 0 Å². The lowest BCUT2D eigenvalue weighted by Crippen LogP contribution is -2.33. The predicted octanol–water partition coefficient (Wildman–Crippen LogP) is 5.98. The maximum absolute atomic E-state index is 14.0. The summed E-state index contributed by atoms with van der Waals surface area (Å²) in [6.45, 7) is 2.88. The fourth-order valence-electron chi connectivity index (χ4n) is 4.77. The maximum Gasteiger partial charge on any atom is 0.254 e. The van der Waals surface area contributed by atoms with Crippen molar-refractivity contribution >= 4 is 16.8 Å². The van der Waals surface area contributed by atoms with E-state index in [1.54, 1.807) is 12.1 Å². The normalized spacial score (nSPS) is 14.2. The van der Waals surface area contributed by atoms with E-state index in [-0.39, 0.29) is 23.9 Å². The molecule has 0 aliphatic heterocycles. The molecule has 6 nitrogen and oxygen atoms in total. The number of aromatic amines is 1. The van der Waals surface area contributed by atoms with Crippen molar-refractivity contribution in [2.75, 3.05) is 27.7 Å². The highest BCUT2D eigenvalue weighted by Gasteiger charge is 2.28. The molecule has 1 aliphatic rings. The molecule has 0 radical (unpaired) electrons. The predicted molar refractivity (Wildman–Crippen MR) is 144 cm³/mol. The molecule has 1 amide bonds. The van der Waals surface area contributed by atoms with E-state index in [9.17, 15) is 9.18 Å². The van der Waals surface area contributed by atoms with Gasteiger partial charge in [0.2, 0.25) is 0 Å². The van der Waals surface area contributed by atoms with Gasteiger partial charge in [0.1, 0.15) is 11.6 Å². The van der Waals surface area contributed by atoms with Gasteiger partial charge in [-0.2, -0.15) is 5.10 Å². The topological polar surface area (TPSA) is 61.5 Å². The van der Waals surface area contributed by atoms with Gasteiger partial charge in [-0.3, -0.25) is 9.89 Å². The van der Waals surface area contributed by atoms with Gasteiger partial charge in [-0.1, -0.05) is 24.3 Å². The van der Waals surface area contributed by atoms with Crippen molar-refractivity contribution in [1.82, 2.24) is 20.0 Å². The lowest BCUT2D eigenvalue weighted by molar-refractivity contribution is 0.0716. The summed E-state index contributed by atoms with van der Waals surface area (Å²) in [5, 5.41) is 8.48. The van der Waals surface area contributed by atoms with Crippen molar-refractivity contribution in [3.05, 3.63) is 83.3 Å². The van der Waals surface area contributed by atoms with Crippen LogP contribution in [0.25, 0.3) is 22.0 Å². The Hall–Kier alpha value is -3.71. The third-order valence-corrected chi connectivity index (χ3v) is 7.04. The summed E-state index contributed by atoms with van der Waals surface area (Å²) in [6, 6.07) is 16.0. The van der Waals surface area contributed by atoms with Crippen LogP contribution in [-0.4, -0.2) is 59.7 Å². The molecule has 1 N–H and O–H groups in total. The number of nitrogens with zero attached hydrogens (tertiary/aromatic N) is 3. The van der Waals surface area contributed by atoms with Crippen LogP contribution in [0.4, 0.5) is 4.39 Å². The molecule has 0 spiro atoms. The fourth-order valence-corrected chi connectivity index (χ4v) is 4.77. The number of nitrogens with one attached hydrogen (secondary N) is 1. The van der Waals surface area contributed by atoms with Crippen molar-refractivity contribution in [1.29, 1.82) is 0 Å². The zero-order valence-corrected chi connectivity index (χ0v) is 21.8. The highest BCUT2D eigenvalue weighted by atomic mass is 19.1. The second-order valence-corrected chi connectivity index (χ2v) is 10.2. The SMILES string of the molecule is Cc1ccc([C@H](CCN(C)C)N(C)C(=O)c2ccc(-c3cccc(F)c3)c(OC3CC3)c2)c2[nH]ncc12. The molecule has 4 aromatic rings. The van der Waals surface area contributed by atoms with Gasteiger partial charge in [-0.05, 0) is 88.3 Å². The Labute approximate surface area is 217 Å². The van der Waals surface area contributed by atoms with E-state index in [4.69, 9.17) is 4.74 Å². The van der Waals surface area contributed by atoms with Gasteiger partial charge in [-0.15, -0.1) is 0 Å². The van der Waals surface area contributed by atoms with Crippen molar-refractivity contribution in [2.24, 2.45) is 0 Å². The monoisotopic (exact) mass is 500 g/mol. The van der Waals surface area contributed by atoms with Gasteiger partial charge in [0.05, 0.1) is 23.9 Å². The first kappa shape index (κ1) is 25.0. The number of hydrogen-bond acceptors (Lipinski definition) is 4. The van der Waals surface area contributed by atoms with Crippen LogP contribution >= 0.6 is 0 Å². The number of carbonyl (C=O) groups is 1. The minimum atomic E-state index is -0.304. The summed E-state index contributed by atoms with van der Waals surface area (Å²) in [4.78, 5) is 17.8. The minimum absolute atomic E-state index is 0.0940. The van der Waals surface area contributed by atoms with Crippen LogP contribution in [0.15, 0.2) is 60.8 Å². The molecule has 1 saturated carbocycles. The van der Waals surface area contributed by atoms with Crippen molar-refractivity contribution < 1.29 is 13.9 Å². The number of carbonyl (C=O) groups excluding carboxylic acids is 1. The van der Waals surface area contributed by atoms with Crippen LogP contribution in [-0.2, 0) is 0 Å². The van der Waals surface area contributed by atoms with Crippen molar-refractivity contribution in [3.63, 3.8) is 0 Å². The Morgan fingerprint density at radius 2 is 1.95 bits per heavy atom. The molecule has 1 aliphatic carbocycles. The Morgan fingerprint density at radius 1 is 1.14 bits per heavy atom. The number of ether oxygens (including phenoxy) is 1. The zero-order chi connectivity index (χ0) is 26.1. The van der Waals surface area contributed by atoms with Gasteiger partial charge in [0, 0.05) is 29.1 Å². The number of benzene rings is 3. The Balaban J connectivity index is 1.50. The Morgan fingerprint density at radius 3 is 2.68 bits per heavy atom. The number of amides is 1. The van der Waals surface area contributed by atoms with Crippen LogP contribution in [0.5, 0.6) is 5.75 Å². The quantitative estimate of drug-likeness (QED) is 0.307. The first-order chi connectivity index (χ1) is 17.8. The molecule has 0 saturated heterocycles. The molecule has 0 bridgehead atoms. The van der Waals surface area contributed by atoms with E-state index in [0.29, 0.717) is 11.3 Å². The van der Waals surface area contributed by atoms with Gasteiger partial charge < -0.3 is 14.5 Å². The standard InChI is InChI=1S/C30H33FN4O2/c1-19-8-12-25(29-26(19)18-32-33-29)27(14-15-34(2)3)35(4)30(36)21-9-13-24(20-6-5-7-22(31)16-20)28(17-21)37-23-10-11-23/h5-9,12-13,16-18,23,27H,10-11,14-15H2,1-4H3,(H,32,33)/t27-/m0/s1. The fraction of sp³-hybridized carbons (Fsp3) is 0.333. The third kappa shape index (κ3) is 5.37. The van der Waals surface area contributed by atoms with Gasteiger partial charge in [-0.25, -0.2) is 4.39 Å². The molecular weight excluding hydrogens is 467 g/mol. The summed E-state index contributed by atoms with van der Waals surface area (Å²) in [5.41, 5.74) is 5.20. The van der Waals surface area contributed by atoms with Crippen LogP contribution in [0.3, 0.4) is 0 Å². The maximum atomic E-state index is 14.0. The number of hydrogen-bond donors (Lipinski definition) is 1. The first-order valence-corrected chi connectivity index (χ1v) is 12.7. The second-order valence-electron chi connectivity index (χ2n) is 10.2. The highest BCUT2D eigenvalue weighted by molar-refractivity contribution is 5.96.